The molecule has 1 aromatic carbocycles. The number of para-hydroxylation sites is 1. The molecule has 2 heterocycles. The first-order chi connectivity index (χ1) is 12.0. The predicted molar refractivity (Wildman–Crippen MR) is 93.9 cm³/mol. The number of nitrogens with zero attached hydrogens (tertiary/aromatic N) is 1. The molecule has 0 saturated heterocycles. The highest BCUT2D eigenvalue weighted by Crippen LogP contribution is 2.33. The average molecular weight is 359 g/mol. The third kappa shape index (κ3) is 3.53. The number of fused-ring (bicyclic) bond motifs is 1. The van der Waals surface area contributed by atoms with Crippen LogP contribution in [0.15, 0.2) is 24.3 Å². The van der Waals surface area contributed by atoms with E-state index in [1.807, 2.05) is 12.1 Å². The molecule has 0 saturated carbocycles. The maximum absolute atomic E-state index is 12.7. The van der Waals surface area contributed by atoms with Crippen molar-refractivity contribution in [3.63, 3.8) is 0 Å². The summed E-state index contributed by atoms with van der Waals surface area (Å²) in [5.74, 6) is -1.59. The predicted octanol–water partition coefficient (Wildman–Crippen LogP) is 2.69. The molecule has 25 heavy (non-hydrogen) atoms. The highest BCUT2D eigenvalue weighted by molar-refractivity contribution is 7.17. The number of thiazole rings is 1. The maximum atomic E-state index is 12.7. The first-order valence-corrected chi connectivity index (χ1v) is 8.65. The molecule has 0 aliphatic carbocycles. The standard InChI is InChI=1S/C17H17N3O4S/c1-3-24-16(23)14-9(2)18-17(25-14)20-15(22)11-8-13(21)19-12-7-5-4-6-10(11)12/h4-7,11H,3,8H2,1-2H3,(H,19,21)(H,18,20,22). The fraction of sp³-hybridized carbons (Fsp3) is 0.294. The van der Waals surface area contributed by atoms with E-state index in [0.717, 1.165) is 16.9 Å². The number of esters is 1. The number of anilines is 2. The van der Waals surface area contributed by atoms with E-state index in [0.29, 0.717) is 21.4 Å². The van der Waals surface area contributed by atoms with Crippen LogP contribution >= 0.6 is 11.3 Å². The van der Waals surface area contributed by atoms with E-state index in [-0.39, 0.29) is 24.8 Å². The van der Waals surface area contributed by atoms with Crippen molar-refractivity contribution in [1.82, 2.24) is 4.98 Å². The molecular weight excluding hydrogens is 342 g/mol. The van der Waals surface area contributed by atoms with Gasteiger partial charge in [-0.3, -0.25) is 9.59 Å². The number of amides is 2. The van der Waals surface area contributed by atoms with Gasteiger partial charge in [0, 0.05) is 12.1 Å². The highest BCUT2D eigenvalue weighted by atomic mass is 32.1. The topological polar surface area (TPSA) is 97.4 Å². The van der Waals surface area contributed by atoms with Gasteiger partial charge < -0.3 is 15.4 Å². The summed E-state index contributed by atoms with van der Waals surface area (Å²) in [5, 5.41) is 5.78. The van der Waals surface area contributed by atoms with Gasteiger partial charge in [-0.05, 0) is 25.5 Å². The molecule has 7 nitrogen and oxygen atoms in total. The largest absolute Gasteiger partial charge is 0.462 e. The Morgan fingerprint density at radius 1 is 1.40 bits per heavy atom. The quantitative estimate of drug-likeness (QED) is 0.818. The second-order valence-electron chi connectivity index (χ2n) is 5.54. The van der Waals surface area contributed by atoms with Gasteiger partial charge in [-0.15, -0.1) is 0 Å². The Morgan fingerprint density at radius 3 is 2.92 bits per heavy atom. The lowest BCUT2D eigenvalue weighted by atomic mass is 9.90. The van der Waals surface area contributed by atoms with E-state index in [9.17, 15) is 14.4 Å². The smallest absolute Gasteiger partial charge is 0.350 e. The number of nitrogens with one attached hydrogen (secondary N) is 2. The van der Waals surface area contributed by atoms with Crippen LogP contribution in [-0.2, 0) is 14.3 Å². The molecule has 0 spiro atoms. The summed E-state index contributed by atoms with van der Waals surface area (Å²) in [4.78, 5) is 40.9. The van der Waals surface area contributed by atoms with E-state index < -0.39 is 11.9 Å². The lowest BCUT2D eigenvalue weighted by Gasteiger charge is -2.24. The normalized spacial score (nSPS) is 15.9. The number of benzene rings is 1. The Balaban J connectivity index is 1.80. The Hall–Kier alpha value is -2.74. The zero-order chi connectivity index (χ0) is 18.0. The van der Waals surface area contributed by atoms with Crippen molar-refractivity contribution in [1.29, 1.82) is 0 Å². The molecule has 130 valence electrons. The fourth-order valence-corrected chi connectivity index (χ4v) is 3.54. The molecule has 0 bridgehead atoms. The first kappa shape index (κ1) is 17.1. The van der Waals surface area contributed by atoms with E-state index in [1.54, 1.807) is 26.0 Å². The minimum Gasteiger partial charge on any atom is -0.462 e. The number of carbonyl (C=O) groups is 3. The zero-order valence-electron chi connectivity index (χ0n) is 13.8. The molecule has 0 radical (unpaired) electrons. The minimum atomic E-state index is -0.597. The second-order valence-corrected chi connectivity index (χ2v) is 6.53. The Bertz CT molecular complexity index is 846. The molecule has 3 rings (SSSR count). The van der Waals surface area contributed by atoms with Crippen LogP contribution in [0.25, 0.3) is 0 Å². The molecular formula is C17H17N3O4S. The molecule has 2 aromatic rings. The lowest BCUT2D eigenvalue weighted by Crippen LogP contribution is -2.30. The van der Waals surface area contributed by atoms with Gasteiger partial charge in [0.15, 0.2) is 5.13 Å². The lowest BCUT2D eigenvalue weighted by molar-refractivity contribution is -0.123. The maximum Gasteiger partial charge on any atom is 0.350 e. The summed E-state index contributed by atoms with van der Waals surface area (Å²) in [6.07, 6.45) is 0.0674. The molecule has 2 N–H and O–H groups in total. The van der Waals surface area contributed by atoms with Crippen molar-refractivity contribution in [3.05, 3.63) is 40.4 Å². The molecule has 1 aliphatic heterocycles. The van der Waals surface area contributed by atoms with Crippen LogP contribution in [0, 0.1) is 6.92 Å². The number of hydrogen-bond donors (Lipinski definition) is 2. The summed E-state index contributed by atoms with van der Waals surface area (Å²) in [5.41, 5.74) is 1.90. The number of ether oxygens (including phenoxy) is 1. The number of carbonyl (C=O) groups excluding carboxylic acids is 3. The third-order valence-corrected chi connectivity index (χ3v) is 4.86. The van der Waals surface area contributed by atoms with Crippen LogP contribution in [-0.4, -0.2) is 29.4 Å². The van der Waals surface area contributed by atoms with Crippen molar-refractivity contribution in [2.24, 2.45) is 0 Å². The number of hydrogen-bond acceptors (Lipinski definition) is 6. The molecule has 1 unspecified atom stereocenters. The van der Waals surface area contributed by atoms with E-state index in [1.165, 1.54) is 0 Å². The van der Waals surface area contributed by atoms with Crippen LogP contribution in [0.4, 0.5) is 10.8 Å². The molecule has 0 fully saturated rings. The van der Waals surface area contributed by atoms with E-state index in [2.05, 4.69) is 15.6 Å². The average Bonchev–Trinajstić information content (AvgIpc) is 2.94. The van der Waals surface area contributed by atoms with Crippen molar-refractivity contribution in [3.8, 4) is 0 Å². The minimum absolute atomic E-state index is 0.0674. The number of aryl methyl sites for hydroxylation is 1. The van der Waals surface area contributed by atoms with Gasteiger partial charge in [-0.2, -0.15) is 0 Å². The first-order valence-electron chi connectivity index (χ1n) is 7.83. The van der Waals surface area contributed by atoms with Gasteiger partial charge in [0.05, 0.1) is 18.2 Å². The SMILES string of the molecule is CCOC(=O)c1sc(NC(=O)C2CC(=O)Nc3ccccc32)nc1C. The van der Waals surface area contributed by atoms with Crippen molar-refractivity contribution >= 4 is 39.9 Å². The number of aromatic nitrogens is 1. The van der Waals surface area contributed by atoms with Gasteiger partial charge in [0.25, 0.3) is 0 Å². The van der Waals surface area contributed by atoms with Gasteiger partial charge in [0.1, 0.15) is 4.88 Å². The van der Waals surface area contributed by atoms with Gasteiger partial charge in [-0.1, -0.05) is 29.5 Å². The summed E-state index contributed by atoms with van der Waals surface area (Å²) in [6, 6.07) is 7.20. The Kier molecular flexibility index (Phi) is 4.80. The summed E-state index contributed by atoms with van der Waals surface area (Å²) >= 11 is 1.06. The Labute approximate surface area is 148 Å². The number of rotatable bonds is 4. The van der Waals surface area contributed by atoms with Crippen LogP contribution in [0.2, 0.25) is 0 Å². The van der Waals surface area contributed by atoms with E-state index >= 15 is 0 Å². The molecule has 1 aliphatic rings. The van der Waals surface area contributed by atoms with Crippen LogP contribution in [0.3, 0.4) is 0 Å². The van der Waals surface area contributed by atoms with Crippen LogP contribution < -0.4 is 10.6 Å². The van der Waals surface area contributed by atoms with Gasteiger partial charge >= 0.3 is 5.97 Å². The van der Waals surface area contributed by atoms with Crippen LogP contribution in [0.5, 0.6) is 0 Å². The molecule has 2 amide bonds. The van der Waals surface area contributed by atoms with Gasteiger partial charge in [-0.25, -0.2) is 9.78 Å². The molecule has 1 aromatic heterocycles. The summed E-state index contributed by atoms with van der Waals surface area (Å²) in [6.45, 7) is 3.68. The van der Waals surface area contributed by atoms with E-state index in [4.69, 9.17) is 4.74 Å². The summed E-state index contributed by atoms with van der Waals surface area (Å²) in [7, 11) is 0. The van der Waals surface area contributed by atoms with Crippen molar-refractivity contribution in [2.75, 3.05) is 17.2 Å². The van der Waals surface area contributed by atoms with Gasteiger partial charge in [0.2, 0.25) is 11.8 Å². The summed E-state index contributed by atoms with van der Waals surface area (Å²) < 4.78 is 4.97. The highest BCUT2D eigenvalue weighted by Gasteiger charge is 2.31. The molecule has 8 heteroatoms. The fourth-order valence-electron chi connectivity index (χ4n) is 2.67. The van der Waals surface area contributed by atoms with Crippen LogP contribution in [0.1, 0.15) is 40.2 Å². The Morgan fingerprint density at radius 2 is 2.16 bits per heavy atom. The monoisotopic (exact) mass is 359 g/mol. The second kappa shape index (κ2) is 7.02. The zero-order valence-corrected chi connectivity index (χ0v) is 14.6. The third-order valence-electron chi connectivity index (χ3n) is 3.80. The van der Waals surface area contributed by atoms with Crippen molar-refractivity contribution in [2.45, 2.75) is 26.2 Å². The molecule has 1 atom stereocenters. The van der Waals surface area contributed by atoms with Crippen molar-refractivity contribution < 1.29 is 19.1 Å².